The van der Waals surface area contributed by atoms with Gasteiger partial charge >= 0.3 is 0 Å². The normalized spacial score (nSPS) is 31.6. The molecule has 2 aromatic carbocycles. The van der Waals surface area contributed by atoms with Crippen LogP contribution in [-0.2, 0) is 15.9 Å². The van der Waals surface area contributed by atoms with Gasteiger partial charge in [0.2, 0.25) is 0 Å². The SMILES string of the molecule is OC[C@H]1O[C@@H](c2cccc(Cc3ccc(O[C@H]4CCOC4)cc3)c2)[C@H](O)[C@@H](O)[C@@H]1O. The molecule has 2 fully saturated rings. The van der Waals surface area contributed by atoms with Crippen LogP contribution < -0.4 is 4.74 Å². The van der Waals surface area contributed by atoms with E-state index in [4.69, 9.17) is 14.2 Å². The molecule has 30 heavy (non-hydrogen) atoms. The minimum atomic E-state index is -1.39. The highest BCUT2D eigenvalue weighted by atomic mass is 16.5. The standard InChI is InChI=1S/C23H28O7/c24-12-19-20(25)21(26)22(27)23(30-19)16-3-1-2-15(11-16)10-14-4-6-17(7-5-14)29-18-8-9-28-13-18/h1-7,11,18-27H,8-10,12-13H2/t18-,19+,20+,21-,22+,23-/m0/s1. The van der Waals surface area contributed by atoms with Gasteiger partial charge in [0.15, 0.2) is 0 Å². The second-order valence-corrected chi connectivity index (χ2v) is 7.92. The highest BCUT2D eigenvalue weighted by molar-refractivity contribution is 5.34. The van der Waals surface area contributed by atoms with E-state index in [1.165, 1.54) is 0 Å². The van der Waals surface area contributed by atoms with Crippen LogP contribution in [0, 0.1) is 0 Å². The van der Waals surface area contributed by atoms with Crippen molar-refractivity contribution in [1.82, 2.24) is 0 Å². The van der Waals surface area contributed by atoms with Crippen molar-refractivity contribution < 1.29 is 34.6 Å². The first-order valence-electron chi connectivity index (χ1n) is 10.3. The lowest BCUT2D eigenvalue weighted by atomic mass is 9.90. The lowest BCUT2D eigenvalue weighted by Gasteiger charge is -2.40. The summed E-state index contributed by atoms with van der Waals surface area (Å²) in [4.78, 5) is 0. The number of hydrogen-bond donors (Lipinski definition) is 4. The monoisotopic (exact) mass is 416 g/mol. The molecule has 6 atom stereocenters. The van der Waals surface area contributed by atoms with E-state index >= 15 is 0 Å². The number of aliphatic hydroxyl groups excluding tert-OH is 4. The molecule has 0 bridgehead atoms. The summed E-state index contributed by atoms with van der Waals surface area (Å²) in [5, 5.41) is 39.8. The first-order chi connectivity index (χ1) is 14.5. The molecule has 0 unspecified atom stereocenters. The molecule has 0 aromatic heterocycles. The Bertz CT molecular complexity index is 817. The zero-order valence-electron chi connectivity index (χ0n) is 16.6. The van der Waals surface area contributed by atoms with Gasteiger partial charge in [-0.25, -0.2) is 0 Å². The van der Waals surface area contributed by atoms with Crippen LogP contribution in [0.1, 0.15) is 29.2 Å². The lowest BCUT2D eigenvalue weighted by Crippen LogP contribution is -2.55. The minimum Gasteiger partial charge on any atom is -0.488 e. The number of hydrogen-bond acceptors (Lipinski definition) is 7. The molecule has 2 aliphatic rings. The summed E-state index contributed by atoms with van der Waals surface area (Å²) >= 11 is 0. The van der Waals surface area contributed by atoms with Crippen LogP contribution in [0.15, 0.2) is 48.5 Å². The van der Waals surface area contributed by atoms with Gasteiger partial charge in [-0.15, -0.1) is 0 Å². The fourth-order valence-electron chi connectivity index (χ4n) is 3.98. The summed E-state index contributed by atoms with van der Waals surface area (Å²) in [5.41, 5.74) is 2.81. The molecule has 7 heteroatoms. The summed E-state index contributed by atoms with van der Waals surface area (Å²) < 4.78 is 16.9. The van der Waals surface area contributed by atoms with Crippen molar-refractivity contribution in [3.8, 4) is 5.75 Å². The van der Waals surface area contributed by atoms with Gasteiger partial charge in [0.1, 0.15) is 42.4 Å². The number of rotatable bonds is 6. The second kappa shape index (κ2) is 9.43. The molecule has 2 heterocycles. The summed E-state index contributed by atoms with van der Waals surface area (Å²) in [6, 6.07) is 15.5. The van der Waals surface area contributed by atoms with Crippen molar-refractivity contribution in [2.45, 2.75) is 49.5 Å². The maximum absolute atomic E-state index is 10.4. The van der Waals surface area contributed by atoms with Gasteiger partial charge < -0.3 is 34.6 Å². The van der Waals surface area contributed by atoms with Crippen LogP contribution >= 0.6 is 0 Å². The molecule has 0 spiro atoms. The first kappa shape index (κ1) is 21.2. The Morgan fingerprint density at radius 1 is 0.933 bits per heavy atom. The number of aliphatic hydroxyl groups is 4. The molecule has 2 aromatic rings. The van der Waals surface area contributed by atoms with Crippen LogP contribution in [0.3, 0.4) is 0 Å². The van der Waals surface area contributed by atoms with Gasteiger partial charge in [0, 0.05) is 6.42 Å². The smallest absolute Gasteiger partial charge is 0.124 e. The van der Waals surface area contributed by atoms with E-state index in [2.05, 4.69) is 0 Å². The third-order valence-corrected chi connectivity index (χ3v) is 5.69. The highest BCUT2D eigenvalue weighted by Crippen LogP contribution is 2.33. The molecule has 0 saturated carbocycles. The Morgan fingerprint density at radius 3 is 2.43 bits per heavy atom. The second-order valence-electron chi connectivity index (χ2n) is 7.92. The Hall–Kier alpha value is -2.00. The average molecular weight is 416 g/mol. The van der Waals surface area contributed by atoms with Crippen LogP contribution in [-0.4, -0.2) is 70.8 Å². The van der Waals surface area contributed by atoms with Crippen molar-refractivity contribution in [3.05, 3.63) is 65.2 Å². The van der Waals surface area contributed by atoms with Gasteiger partial charge in [-0.3, -0.25) is 0 Å². The Balaban J connectivity index is 1.44. The van der Waals surface area contributed by atoms with Gasteiger partial charge in [-0.2, -0.15) is 0 Å². The Kier molecular flexibility index (Phi) is 6.67. The van der Waals surface area contributed by atoms with Crippen molar-refractivity contribution in [2.24, 2.45) is 0 Å². The van der Waals surface area contributed by atoms with Crippen molar-refractivity contribution in [1.29, 1.82) is 0 Å². The Labute approximate surface area is 175 Å². The quantitative estimate of drug-likeness (QED) is 0.555. The summed E-state index contributed by atoms with van der Waals surface area (Å²) in [6.07, 6.45) is -4.08. The van der Waals surface area contributed by atoms with E-state index in [1.807, 2.05) is 42.5 Å². The largest absolute Gasteiger partial charge is 0.488 e. The number of ether oxygens (including phenoxy) is 3. The zero-order valence-corrected chi connectivity index (χ0v) is 16.6. The first-order valence-corrected chi connectivity index (χ1v) is 10.3. The highest BCUT2D eigenvalue weighted by Gasteiger charge is 2.43. The van der Waals surface area contributed by atoms with Gasteiger partial charge in [-0.1, -0.05) is 36.4 Å². The van der Waals surface area contributed by atoms with E-state index in [1.54, 1.807) is 6.07 Å². The van der Waals surface area contributed by atoms with E-state index in [0.717, 1.165) is 29.9 Å². The van der Waals surface area contributed by atoms with Gasteiger partial charge in [-0.05, 0) is 35.2 Å². The van der Waals surface area contributed by atoms with E-state index in [0.29, 0.717) is 18.6 Å². The fourth-order valence-corrected chi connectivity index (χ4v) is 3.98. The van der Waals surface area contributed by atoms with Crippen molar-refractivity contribution >= 4 is 0 Å². The number of benzene rings is 2. The summed E-state index contributed by atoms with van der Waals surface area (Å²) in [5.74, 6) is 0.823. The molecule has 162 valence electrons. The molecular weight excluding hydrogens is 388 g/mol. The molecule has 4 rings (SSSR count). The third kappa shape index (κ3) is 4.67. The van der Waals surface area contributed by atoms with Crippen molar-refractivity contribution in [2.75, 3.05) is 19.8 Å². The molecule has 0 radical (unpaired) electrons. The molecule has 0 amide bonds. The summed E-state index contributed by atoms with van der Waals surface area (Å²) in [6.45, 7) is 0.933. The molecule has 0 aliphatic carbocycles. The van der Waals surface area contributed by atoms with Crippen LogP contribution in [0.25, 0.3) is 0 Å². The fraction of sp³-hybridized carbons (Fsp3) is 0.478. The predicted molar refractivity (Wildman–Crippen MR) is 108 cm³/mol. The molecule has 4 N–H and O–H groups in total. The third-order valence-electron chi connectivity index (χ3n) is 5.69. The molecular formula is C23H28O7. The lowest BCUT2D eigenvalue weighted by molar-refractivity contribution is -0.231. The van der Waals surface area contributed by atoms with Gasteiger partial charge in [0.05, 0.1) is 19.8 Å². The maximum Gasteiger partial charge on any atom is 0.124 e. The average Bonchev–Trinajstić information content (AvgIpc) is 3.27. The predicted octanol–water partition coefficient (Wildman–Crippen LogP) is 0.960. The van der Waals surface area contributed by atoms with E-state index in [-0.39, 0.29) is 6.10 Å². The zero-order chi connectivity index (χ0) is 21.1. The topological polar surface area (TPSA) is 109 Å². The van der Waals surface area contributed by atoms with Crippen LogP contribution in [0.5, 0.6) is 5.75 Å². The van der Waals surface area contributed by atoms with E-state index < -0.39 is 37.1 Å². The van der Waals surface area contributed by atoms with Crippen LogP contribution in [0.4, 0.5) is 0 Å². The molecule has 2 saturated heterocycles. The van der Waals surface area contributed by atoms with E-state index in [9.17, 15) is 20.4 Å². The van der Waals surface area contributed by atoms with Crippen LogP contribution in [0.2, 0.25) is 0 Å². The maximum atomic E-state index is 10.4. The van der Waals surface area contributed by atoms with Crippen molar-refractivity contribution in [3.63, 3.8) is 0 Å². The van der Waals surface area contributed by atoms with Gasteiger partial charge in [0.25, 0.3) is 0 Å². The summed E-state index contributed by atoms with van der Waals surface area (Å²) in [7, 11) is 0. The molecule has 7 nitrogen and oxygen atoms in total. The molecule has 2 aliphatic heterocycles. The Morgan fingerprint density at radius 2 is 1.73 bits per heavy atom. The minimum absolute atomic E-state index is 0.117.